The Hall–Kier alpha value is -0.770. The summed E-state index contributed by atoms with van der Waals surface area (Å²) < 4.78 is 1.26. The monoisotopic (exact) mass is 460 g/mol. The lowest BCUT2D eigenvalue weighted by molar-refractivity contribution is 0.223. The number of hydrogen-bond donors (Lipinski definition) is 0. The normalized spacial score (nSPS) is 21.7. The summed E-state index contributed by atoms with van der Waals surface area (Å²) in [5.74, 6) is 0. The quantitative estimate of drug-likeness (QED) is 0.276. The molecule has 0 saturated carbocycles. The van der Waals surface area contributed by atoms with Crippen LogP contribution in [0.25, 0.3) is 0 Å². The van der Waals surface area contributed by atoms with Crippen molar-refractivity contribution in [1.82, 2.24) is 9.32 Å². The van der Waals surface area contributed by atoms with Gasteiger partial charge in [0.25, 0.3) is 0 Å². The first-order valence-electron chi connectivity index (χ1n) is 8.73. The summed E-state index contributed by atoms with van der Waals surface area (Å²) in [6.45, 7) is 0. The molecule has 1 aliphatic heterocycles. The molecule has 2 atom stereocenters. The molecule has 0 radical (unpaired) electrons. The topological polar surface area (TPSA) is 6.48 Å². The molecule has 0 saturated heterocycles. The first kappa shape index (κ1) is 19.5. The highest BCUT2D eigenvalue weighted by Crippen LogP contribution is 2.47. The highest BCUT2D eigenvalue weighted by atomic mass is 35.5. The average Bonchev–Trinajstić information content (AvgIpc) is 2.95. The van der Waals surface area contributed by atoms with Crippen LogP contribution in [-0.2, 0) is 17.8 Å². The fraction of sp³-hybridized carbons (Fsp3) is 0.300. The van der Waals surface area contributed by atoms with Gasteiger partial charge in [-0.1, -0.05) is 76.7 Å². The molecule has 0 aromatic heterocycles. The Morgan fingerprint density at radius 1 is 0.889 bits per heavy atom. The molecule has 2 aliphatic rings. The van der Waals surface area contributed by atoms with E-state index in [-0.39, 0.29) is 0 Å². The first-order chi connectivity index (χ1) is 12.9. The minimum Gasteiger partial charge on any atom is -0.314 e. The number of rotatable bonds is 3. The fourth-order valence-corrected chi connectivity index (χ4v) is 5.01. The van der Waals surface area contributed by atoms with Crippen molar-refractivity contribution in [3.8, 4) is 0 Å². The third kappa shape index (κ3) is 3.41. The van der Waals surface area contributed by atoms with Crippen LogP contribution in [0.5, 0.6) is 0 Å². The molecule has 2 aromatic carbocycles. The van der Waals surface area contributed by atoms with E-state index in [0.717, 1.165) is 24.0 Å². The Morgan fingerprint density at radius 3 is 2.15 bits per heavy atom. The number of hydrogen-bond acceptors (Lipinski definition) is 2. The highest BCUT2D eigenvalue weighted by molar-refractivity contribution is 6.36. The first-order valence-corrected chi connectivity index (χ1v) is 10.6. The molecule has 0 spiro atoms. The minimum atomic E-state index is -1.08. The van der Waals surface area contributed by atoms with E-state index in [2.05, 4.69) is 18.2 Å². The van der Waals surface area contributed by atoms with E-state index in [1.54, 1.807) is 11.1 Å². The Bertz CT molecular complexity index is 882. The average molecular weight is 463 g/mol. The van der Waals surface area contributed by atoms with Gasteiger partial charge in [-0.3, -0.25) is 0 Å². The van der Waals surface area contributed by atoms with Crippen LogP contribution < -0.4 is 0 Å². The lowest BCUT2D eigenvalue weighted by atomic mass is 9.87. The summed E-state index contributed by atoms with van der Waals surface area (Å²) in [6.07, 6.45) is 6.25. The van der Waals surface area contributed by atoms with Gasteiger partial charge < -0.3 is 4.90 Å². The molecule has 0 amide bonds. The Balaban J connectivity index is 1.87. The summed E-state index contributed by atoms with van der Waals surface area (Å²) in [5, 5.41) is 0.952. The molecule has 1 aliphatic carbocycles. The van der Waals surface area contributed by atoms with Crippen molar-refractivity contribution in [3.63, 3.8) is 0 Å². The zero-order chi connectivity index (χ0) is 19.2. The number of benzene rings is 2. The third-order valence-electron chi connectivity index (χ3n) is 5.18. The van der Waals surface area contributed by atoms with Crippen LogP contribution in [-0.4, -0.2) is 14.9 Å². The Morgan fingerprint density at radius 2 is 1.52 bits per heavy atom. The fourth-order valence-electron chi connectivity index (χ4n) is 3.75. The van der Waals surface area contributed by atoms with Crippen LogP contribution in [0.2, 0.25) is 5.02 Å². The SMILES string of the molecule is ClC1=CN(C(Cl)(c2ccc(Cl)cc2)c2ccc3c(c2)CCCC3)C(Cl)N1Cl. The molecule has 27 heavy (non-hydrogen) atoms. The van der Waals surface area contributed by atoms with Crippen LogP contribution in [0, 0.1) is 0 Å². The maximum Gasteiger partial charge on any atom is 0.196 e. The van der Waals surface area contributed by atoms with E-state index in [0.29, 0.717) is 10.2 Å². The zero-order valence-corrected chi connectivity index (χ0v) is 18.1. The van der Waals surface area contributed by atoms with Crippen molar-refractivity contribution in [2.45, 2.75) is 36.3 Å². The van der Waals surface area contributed by atoms with Crippen molar-refractivity contribution < 1.29 is 0 Å². The van der Waals surface area contributed by atoms with E-state index >= 15 is 0 Å². The number of nitrogens with zero attached hydrogens (tertiary/aromatic N) is 2. The summed E-state index contributed by atoms with van der Waals surface area (Å²) >= 11 is 32.4. The molecular weight excluding hydrogens is 445 g/mol. The highest BCUT2D eigenvalue weighted by Gasteiger charge is 2.45. The number of aryl methyl sites for hydroxylation is 2. The van der Waals surface area contributed by atoms with E-state index in [1.807, 2.05) is 24.3 Å². The van der Waals surface area contributed by atoms with Gasteiger partial charge in [0.1, 0.15) is 5.16 Å². The largest absolute Gasteiger partial charge is 0.314 e. The molecule has 0 N–H and O–H groups in total. The van der Waals surface area contributed by atoms with Gasteiger partial charge in [-0.15, -0.1) is 0 Å². The van der Waals surface area contributed by atoms with Gasteiger partial charge in [-0.05, 0) is 60.1 Å². The van der Waals surface area contributed by atoms with Gasteiger partial charge >= 0.3 is 0 Å². The molecule has 142 valence electrons. The van der Waals surface area contributed by atoms with Gasteiger partial charge in [-0.2, -0.15) is 0 Å². The third-order valence-corrected chi connectivity index (χ3v) is 7.30. The maximum atomic E-state index is 7.33. The Kier molecular flexibility index (Phi) is 5.48. The van der Waals surface area contributed by atoms with Crippen molar-refractivity contribution in [2.24, 2.45) is 0 Å². The van der Waals surface area contributed by atoms with Crippen LogP contribution >= 0.6 is 58.2 Å². The smallest absolute Gasteiger partial charge is 0.196 e. The predicted molar refractivity (Wildman–Crippen MR) is 114 cm³/mol. The van der Waals surface area contributed by atoms with Crippen LogP contribution in [0.1, 0.15) is 35.1 Å². The standard InChI is InChI=1S/C20H17Cl5N2/c21-17-9-7-15(8-10-17)20(24,26-12-18(22)27(25)19(26)23)16-6-5-13-3-1-2-4-14(13)11-16/h5-12,19H,1-4H2. The van der Waals surface area contributed by atoms with E-state index in [9.17, 15) is 0 Å². The van der Waals surface area contributed by atoms with E-state index in [1.165, 1.54) is 28.4 Å². The van der Waals surface area contributed by atoms with Crippen molar-refractivity contribution in [1.29, 1.82) is 0 Å². The lowest BCUT2D eigenvalue weighted by Gasteiger charge is -2.40. The van der Waals surface area contributed by atoms with Crippen molar-refractivity contribution in [3.05, 3.63) is 81.1 Å². The van der Waals surface area contributed by atoms with E-state index in [4.69, 9.17) is 58.2 Å². The summed E-state index contributed by atoms with van der Waals surface area (Å²) in [7, 11) is 0. The van der Waals surface area contributed by atoms with Gasteiger partial charge in [0.2, 0.25) is 0 Å². The zero-order valence-electron chi connectivity index (χ0n) is 14.3. The molecule has 7 heteroatoms. The maximum absolute atomic E-state index is 7.33. The Labute approximate surface area is 184 Å². The molecule has 0 fully saturated rings. The molecule has 2 unspecified atom stereocenters. The van der Waals surface area contributed by atoms with Crippen LogP contribution in [0.15, 0.2) is 53.8 Å². The second-order valence-electron chi connectivity index (χ2n) is 6.80. The molecule has 1 heterocycles. The summed E-state index contributed by atoms with van der Waals surface area (Å²) in [4.78, 5) is 0.687. The van der Waals surface area contributed by atoms with Crippen LogP contribution in [0.4, 0.5) is 0 Å². The van der Waals surface area contributed by atoms with Crippen molar-refractivity contribution in [2.75, 3.05) is 0 Å². The van der Waals surface area contributed by atoms with E-state index < -0.39 is 10.6 Å². The van der Waals surface area contributed by atoms with Gasteiger partial charge in [0, 0.05) is 23.0 Å². The lowest BCUT2D eigenvalue weighted by Crippen LogP contribution is -2.44. The van der Waals surface area contributed by atoms with Crippen LogP contribution in [0.3, 0.4) is 0 Å². The van der Waals surface area contributed by atoms with Gasteiger partial charge in [0.15, 0.2) is 10.6 Å². The molecule has 2 aromatic rings. The second-order valence-corrected chi connectivity index (χ2v) is 8.93. The van der Waals surface area contributed by atoms with Crippen molar-refractivity contribution >= 4 is 58.2 Å². The van der Waals surface area contributed by atoms with Gasteiger partial charge in [-0.25, -0.2) is 4.42 Å². The summed E-state index contributed by atoms with van der Waals surface area (Å²) in [6, 6.07) is 13.8. The molecule has 2 nitrogen and oxygen atoms in total. The molecular formula is C20H17Cl5N2. The number of alkyl halides is 2. The predicted octanol–water partition coefficient (Wildman–Crippen LogP) is 6.99. The number of halogens is 5. The second kappa shape index (κ2) is 7.57. The summed E-state index contributed by atoms with van der Waals surface area (Å²) in [5.41, 5.74) is 3.74. The van der Waals surface area contributed by atoms with Gasteiger partial charge in [0.05, 0.1) is 0 Å². The molecule has 0 bridgehead atoms. The molecule has 4 rings (SSSR count). The minimum absolute atomic E-state index is 0.314. The number of fused-ring (bicyclic) bond motifs is 1.